The largest absolute Gasteiger partial charge is 0.255 e. The second kappa shape index (κ2) is 7.17. The third kappa shape index (κ3) is 3.12. The second-order valence-corrected chi connectivity index (χ2v) is 8.35. The van der Waals surface area contributed by atoms with Gasteiger partial charge in [-0.05, 0) is 93.0 Å². The van der Waals surface area contributed by atoms with Crippen molar-refractivity contribution in [3.8, 4) is 11.4 Å². The van der Waals surface area contributed by atoms with E-state index in [4.69, 9.17) is 0 Å². The van der Waals surface area contributed by atoms with Gasteiger partial charge in [-0.1, -0.05) is 54.6 Å². The van der Waals surface area contributed by atoms with Crippen LogP contribution in [0.2, 0.25) is 0 Å². The topological polar surface area (TPSA) is 25.8 Å². The van der Waals surface area contributed by atoms with Crippen molar-refractivity contribution in [2.45, 2.75) is 19.8 Å². The molecule has 0 amide bonds. The van der Waals surface area contributed by atoms with Crippen LogP contribution in [0, 0.1) is 6.92 Å². The number of benzene rings is 4. The molecule has 2 heteroatoms. The molecule has 0 unspecified atom stereocenters. The number of aryl methyl sites for hydroxylation is 3. The van der Waals surface area contributed by atoms with Crippen molar-refractivity contribution in [1.29, 1.82) is 0 Å². The Morgan fingerprint density at radius 3 is 2.10 bits per heavy atom. The predicted octanol–water partition coefficient (Wildman–Crippen LogP) is 7.13. The summed E-state index contributed by atoms with van der Waals surface area (Å²) in [5, 5.41) is 8.11. The second-order valence-electron chi connectivity index (χ2n) is 8.35. The lowest BCUT2D eigenvalue weighted by molar-refractivity contribution is 0.964. The monoisotopic (exact) mass is 398 g/mol. The molecule has 0 spiro atoms. The molecule has 0 saturated heterocycles. The van der Waals surface area contributed by atoms with Gasteiger partial charge in [0.1, 0.15) is 0 Å². The summed E-state index contributed by atoms with van der Waals surface area (Å²) in [7, 11) is 0. The zero-order chi connectivity index (χ0) is 20.8. The van der Waals surface area contributed by atoms with Crippen molar-refractivity contribution in [2.75, 3.05) is 0 Å². The summed E-state index contributed by atoms with van der Waals surface area (Å²) in [4.78, 5) is 9.04. The van der Waals surface area contributed by atoms with Crippen LogP contribution in [0.1, 0.15) is 16.7 Å². The highest BCUT2D eigenvalue weighted by Gasteiger charge is 2.11. The van der Waals surface area contributed by atoms with Gasteiger partial charge in [0.15, 0.2) is 0 Å². The number of rotatable bonds is 4. The van der Waals surface area contributed by atoms with Crippen molar-refractivity contribution in [3.63, 3.8) is 0 Å². The molecule has 0 N–H and O–H groups in total. The van der Waals surface area contributed by atoms with Crippen LogP contribution in [0.5, 0.6) is 0 Å². The van der Waals surface area contributed by atoms with E-state index in [0.29, 0.717) is 0 Å². The minimum atomic E-state index is 0.935. The number of aromatic nitrogens is 2. The zero-order valence-corrected chi connectivity index (χ0v) is 17.5. The number of hydrogen-bond acceptors (Lipinski definition) is 2. The molecular formula is C29H22N2. The average molecular weight is 399 g/mol. The van der Waals surface area contributed by atoms with E-state index in [9.17, 15) is 0 Å². The SMILES string of the molecule is Cc1ccnc(-c2cc(CCc3ccc4ccc5cccc6ccc3c4c56)ccn2)c1. The van der Waals surface area contributed by atoms with E-state index in [1.807, 2.05) is 18.5 Å². The third-order valence-electron chi connectivity index (χ3n) is 6.30. The van der Waals surface area contributed by atoms with Crippen LogP contribution >= 0.6 is 0 Å². The molecule has 2 heterocycles. The lowest BCUT2D eigenvalue weighted by Gasteiger charge is -2.14. The predicted molar refractivity (Wildman–Crippen MR) is 130 cm³/mol. The Bertz CT molecular complexity index is 1530. The average Bonchev–Trinajstić information content (AvgIpc) is 2.82. The van der Waals surface area contributed by atoms with Gasteiger partial charge in [0.05, 0.1) is 11.4 Å². The van der Waals surface area contributed by atoms with E-state index in [1.165, 1.54) is 49.0 Å². The first-order chi connectivity index (χ1) is 15.3. The Balaban J connectivity index is 1.37. The minimum Gasteiger partial charge on any atom is -0.255 e. The van der Waals surface area contributed by atoms with Gasteiger partial charge < -0.3 is 0 Å². The Morgan fingerprint density at radius 2 is 1.29 bits per heavy atom. The smallest absolute Gasteiger partial charge is 0.0888 e. The van der Waals surface area contributed by atoms with E-state index in [0.717, 1.165) is 24.2 Å². The fourth-order valence-electron chi connectivity index (χ4n) is 4.74. The van der Waals surface area contributed by atoms with Crippen molar-refractivity contribution in [3.05, 3.63) is 108 Å². The lowest BCUT2D eigenvalue weighted by atomic mass is 9.90. The maximum Gasteiger partial charge on any atom is 0.0888 e. The van der Waals surface area contributed by atoms with Gasteiger partial charge in [-0.25, -0.2) is 0 Å². The van der Waals surface area contributed by atoms with Crippen LogP contribution in [0.3, 0.4) is 0 Å². The van der Waals surface area contributed by atoms with Crippen LogP contribution < -0.4 is 0 Å². The fourth-order valence-corrected chi connectivity index (χ4v) is 4.74. The first kappa shape index (κ1) is 18.0. The number of nitrogens with zero attached hydrogens (tertiary/aromatic N) is 2. The van der Waals surface area contributed by atoms with Crippen molar-refractivity contribution in [1.82, 2.24) is 9.97 Å². The summed E-state index contributed by atoms with van der Waals surface area (Å²) in [5.74, 6) is 0. The van der Waals surface area contributed by atoms with Gasteiger partial charge in [-0.3, -0.25) is 9.97 Å². The summed E-state index contributed by atoms with van der Waals surface area (Å²) < 4.78 is 0. The Labute approximate surface area is 181 Å². The van der Waals surface area contributed by atoms with E-state index >= 15 is 0 Å². The van der Waals surface area contributed by atoms with Gasteiger partial charge in [0.25, 0.3) is 0 Å². The molecule has 0 saturated carbocycles. The lowest BCUT2D eigenvalue weighted by Crippen LogP contribution is -1.96. The summed E-state index contributed by atoms with van der Waals surface area (Å²) in [6.07, 6.45) is 5.73. The highest BCUT2D eigenvalue weighted by atomic mass is 14.8. The molecule has 0 fully saturated rings. The molecule has 6 rings (SSSR count). The number of hydrogen-bond donors (Lipinski definition) is 0. The minimum absolute atomic E-state index is 0.935. The maximum absolute atomic E-state index is 4.55. The Hall–Kier alpha value is -3.78. The molecule has 2 nitrogen and oxygen atoms in total. The summed E-state index contributed by atoms with van der Waals surface area (Å²) >= 11 is 0. The summed E-state index contributed by atoms with van der Waals surface area (Å²) in [6.45, 7) is 2.09. The standard InChI is InChI=1S/C29H22N2/c1-19-13-15-30-26(17-19)27-18-20(14-16-31-27)5-6-21-7-8-24-10-9-22-3-2-4-23-11-12-25(21)29(24)28(22)23/h2-4,7-18H,5-6H2,1H3. The van der Waals surface area contributed by atoms with Crippen LogP contribution in [0.15, 0.2) is 91.3 Å². The molecular weight excluding hydrogens is 376 g/mol. The van der Waals surface area contributed by atoms with E-state index in [-0.39, 0.29) is 0 Å². The molecule has 2 aromatic heterocycles. The highest BCUT2D eigenvalue weighted by molar-refractivity contribution is 6.23. The van der Waals surface area contributed by atoms with E-state index < -0.39 is 0 Å². The molecule has 4 aromatic carbocycles. The molecule has 31 heavy (non-hydrogen) atoms. The van der Waals surface area contributed by atoms with E-state index in [1.54, 1.807) is 0 Å². The molecule has 6 aromatic rings. The Morgan fingerprint density at radius 1 is 0.613 bits per heavy atom. The highest BCUT2D eigenvalue weighted by Crippen LogP contribution is 2.36. The molecule has 0 aliphatic rings. The van der Waals surface area contributed by atoms with Gasteiger partial charge in [-0.2, -0.15) is 0 Å². The normalized spacial score (nSPS) is 11.6. The summed E-state index contributed by atoms with van der Waals surface area (Å²) in [6, 6.07) is 28.6. The third-order valence-corrected chi connectivity index (χ3v) is 6.30. The van der Waals surface area contributed by atoms with Crippen LogP contribution in [0.4, 0.5) is 0 Å². The van der Waals surface area contributed by atoms with Crippen molar-refractivity contribution in [2.24, 2.45) is 0 Å². The van der Waals surface area contributed by atoms with E-state index in [2.05, 4.69) is 89.7 Å². The first-order valence-corrected chi connectivity index (χ1v) is 10.8. The van der Waals surface area contributed by atoms with Crippen LogP contribution in [-0.2, 0) is 12.8 Å². The molecule has 0 atom stereocenters. The van der Waals surface area contributed by atoms with Crippen LogP contribution in [-0.4, -0.2) is 9.97 Å². The van der Waals surface area contributed by atoms with Crippen molar-refractivity contribution >= 4 is 32.3 Å². The van der Waals surface area contributed by atoms with Gasteiger partial charge in [-0.15, -0.1) is 0 Å². The Kier molecular flexibility index (Phi) is 4.17. The number of pyridine rings is 2. The maximum atomic E-state index is 4.55. The molecule has 0 radical (unpaired) electrons. The van der Waals surface area contributed by atoms with Crippen molar-refractivity contribution < 1.29 is 0 Å². The van der Waals surface area contributed by atoms with Gasteiger partial charge >= 0.3 is 0 Å². The van der Waals surface area contributed by atoms with Gasteiger partial charge in [0.2, 0.25) is 0 Å². The van der Waals surface area contributed by atoms with Gasteiger partial charge in [0, 0.05) is 12.4 Å². The molecule has 0 aliphatic heterocycles. The van der Waals surface area contributed by atoms with Crippen LogP contribution in [0.25, 0.3) is 43.7 Å². The fraction of sp³-hybridized carbons (Fsp3) is 0.103. The molecule has 0 bridgehead atoms. The zero-order valence-electron chi connectivity index (χ0n) is 17.5. The quantitative estimate of drug-likeness (QED) is 0.295. The molecule has 148 valence electrons. The summed E-state index contributed by atoms with van der Waals surface area (Å²) in [5.41, 5.74) is 5.77. The first-order valence-electron chi connectivity index (χ1n) is 10.8. The molecule has 0 aliphatic carbocycles.